The van der Waals surface area contributed by atoms with Gasteiger partial charge in [0.1, 0.15) is 0 Å². The number of carbonyl (C=O) groups excluding carboxylic acids is 2. The predicted molar refractivity (Wildman–Crippen MR) is 99.9 cm³/mol. The van der Waals surface area contributed by atoms with Gasteiger partial charge in [-0.1, -0.05) is 30.1 Å². The Morgan fingerprint density at radius 2 is 1.73 bits per heavy atom. The monoisotopic (exact) mass is 396 g/mol. The number of benzene rings is 2. The molecule has 26 heavy (non-hydrogen) atoms. The smallest absolute Gasteiger partial charge is 0.338 e. The van der Waals surface area contributed by atoms with Gasteiger partial charge in [0.25, 0.3) is 0 Å². The van der Waals surface area contributed by atoms with Gasteiger partial charge in [0.15, 0.2) is 23.9 Å². The van der Waals surface area contributed by atoms with Crippen molar-refractivity contribution < 1.29 is 23.8 Å². The van der Waals surface area contributed by atoms with Crippen LogP contribution in [0.1, 0.15) is 34.1 Å². The molecule has 0 fully saturated rings. The van der Waals surface area contributed by atoms with E-state index in [-0.39, 0.29) is 16.4 Å². The van der Waals surface area contributed by atoms with Crippen molar-refractivity contribution >= 4 is 35.0 Å². The normalized spacial score (nSPS) is 10.3. The molecule has 0 amide bonds. The van der Waals surface area contributed by atoms with E-state index in [1.165, 1.54) is 19.2 Å². The topological polar surface area (TPSA) is 61.8 Å². The number of hydrogen-bond donors (Lipinski definition) is 0. The van der Waals surface area contributed by atoms with Gasteiger partial charge in [-0.15, -0.1) is 0 Å². The molecule has 0 heterocycles. The molecule has 0 aliphatic rings. The van der Waals surface area contributed by atoms with Gasteiger partial charge in [0, 0.05) is 10.6 Å². The van der Waals surface area contributed by atoms with Gasteiger partial charge in [-0.3, -0.25) is 4.79 Å². The highest BCUT2D eigenvalue weighted by Gasteiger charge is 2.18. The number of halogens is 2. The van der Waals surface area contributed by atoms with Crippen LogP contribution in [0.25, 0.3) is 0 Å². The van der Waals surface area contributed by atoms with Gasteiger partial charge in [0.2, 0.25) is 0 Å². The highest BCUT2D eigenvalue weighted by Crippen LogP contribution is 2.36. The molecular weight excluding hydrogens is 379 g/mol. The minimum absolute atomic E-state index is 0.166. The Bertz CT molecular complexity index is 787. The summed E-state index contributed by atoms with van der Waals surface area (Å²) in [5, 5.41) is 0.749. The molecule has 0 atom stereocenters. The maximum absolute atomic E-state index is 12.2. The number of Topliss-reactive ketones (excluding diaryl/α,β-unsaturated/α-hetero) is 1. The molecule has 2 aromatic rings. The van der Waals surface area contributed by atoms with Gasteiger partial charge < -0.3 is 14.2 Å². The molecule has 2 rings (SSSR count). The number of carbonyl (C=O) groups is 2. The Balaban J connectivity index is 2.08. The zero-order chi connectivity index (χ0) is 19.1. The SMILES string of the molecule is CCCOc1c(Cl)cc(C(=O)OCC(=O)c2ccc(Cl)cc2)cc1OC. The van der Waals surface area contributed by atoms with Crippen LogP contribution >= 0.6 is 23.2 Å². The molecule has 0 saturated carbocycles. The molecule has 0 N–H and O–H groups in total. The van der Waals surface area contributed by atoms with Crippen LogP contribution in [0.5, 0.6) is 11.5 Å². The third kappa shape index (κ3) is 5.13. The number of ketones is 1. The Morgan fingerprint density at radius 1 is 1.04 bits per heavy atom. The van der Waals surface area contributed by atoms with Gasteiger partial charge >= 0.3 is 5.97 Å². The van der Waals surface area contributed by atoms with Gasteiger partial charge in [-0.2, -0.15) is 0 Å². The fraction of sp³-hybridized carbons (Fsp3) is 0.263. The van der Waals surface area contributed by atoms with Crippen LogP contribution in [0.3, 0.4) is 0 Å². The molecular formula is C19H18Cl2O5. The lowest BCUT2D eigenvalue weighted by Gasteiger charge is -2.13. The van der Waals surface area contributed by atoms with E-state index < -0.39 is 12.6 Å². The van der Waals surface area contributed by atoms with Crippen LogP contribution in [0.4, 0.5) is 0 Å². The quantitative estimate of drug-likeness (QED) is 0.472. The summed E-state index contributed by atoms with van der Waals surface area (Å²) in [7, 11) is 1.45. The molecule has 0 radical (unpaired) electrons. The Morgan fingerprint density at radius 3 is 2.35 bits per heavy atom. The van der Waals surface area contributed by atoms with Crippen molar-refractivity contribution in [2.45, 2.75) is 13.3 Å². The number of methoxy groups -OCH3 is 1. The number of hydrogen-bond acceptors (Lipinski definition) is 5. The highest BCUT2D eigenvalue weighted by molar-refractivity contribution is 6.32. The van der Waals surface area contributed by atoms with Crippen LogP contribution in [-0.4, -0.2) is 32.1 Å². The molecule has 0 spiro atoms. The van der Waals surface area contributed by atoms with E-state index in [0.717, 1.165) is 6.42 Å². The third-order valence-electron chi connectivity index (χ3n) is 3.42. The van der Waals surface area contributed by atoms with E-state index in [9.17, 15) is 9.59 Å². The second-order valence-corrected chi connectivity index (χ2v) is 6.19. The Labute approximate surface area is 161 Å². The summed E-state index contributed by atoms with van der Waals surface area (Å²) in [4.78, 5) is 24.3. The summed E-state index contributed by atoms with van der Waals surface area (Å²) < 4.78 is 15.8. The van der Waals surface area contributed by atoms with E-state index in [4.69, 9.17) is 37.4 Å². The first-order chi connectivity index (χ1) is 12.5. The summed E-state index contributed by atoms with van der Waals surface area (Å²) in [6.45, 7) is 2.04. The van der Waals surface area contributed by atoms with Crippen molar-refractivity contribution in [3.05, 3.63) is 57.6 Å². The van der Waals surface area contributed by atoms with Crippen LogP contribution in [0.15, 0.2) is 36.4 Å². The van der Waals surface area contributed by atoms with Crippen LogP contribution in [0, 0.1) is 0 Å². The highest BCUT2D eigenvalue weighted by atomic mass is 35.5. The van der Waals surface area contributed by atoms with E-state index >= 15 is 0 Å². The maximum atomic E-state index is 12.2. The largest absolute Gasteiger partial charge is 0.493 e. The van der Waals surface area contributed by atoms with Gasteiger partial charge in [-0.25, -0.2) is 4.79 Å². The molecule has 0 saturated heterocycles. The minimum atomic E-state index is -0.686. The molecule has 7 heteroatoms. The van der Waals surface area contributed by atoms with Crippen LogP contribution in [-0.2, 0) is 4.74 Å². The lowest BCUT2D eigenvalue weighted by atomic mass is 10.1. The van der Waals surface area contributed by atoms with E-state index in [1.54, 1.807) is 24.3 Å². The fourth-order valence-corrected chi connectivity index (χ4v) is 2.51. The lowest BCUT2D eigenvalue weighted by Crippen LogP contribution is -2.14. The minimum Gasteiger partial charge on any atom is -0.493 e. The first kappa shape index (κ1) is 20.1. The number of esters is 1. The molecule has 0 aliphatic carbocycles. The first-order valence-electron chi connectivity index (χ1n) is 7.92. The molecule has 5 nitrogen and oxygen atoms in total. The van der Waals surface area contributed by atoms with E-state index in [1.807, 2.05) is 6.92 Å². The first-order valence-corrected chi connectivity index (χ1v) is 8.68. The van der Waals surface area contributed by atoms with Crippen molar-refractivity contribution in [1.82, 2.24) is 0 Å². The van der Waals surface area contributed by atoms with Gasteiger partial charge in [0.05, 0.1) is 24.3 Å². The molecule has 0 aliphatic heterocycles. The Kier molecular flexibility index (Phi) is 7.30. The van der Waals surface area contributed by atoms with E-state index in [2.05, 4.69) is 0 Å². The molecule has 2 aromatic carbocycles. The average molecular weight is 397 g/mol. The summed E-state index contributed by atoms with van der Waals surface area (Å²) in [5.74, 6) is -0.336. The maximum Gasteiger partial charge on any atom is 0.338 e. The zero-order valence-corrected chi connectivity index (χ0v) is 15.9. The molecule has 0 aromatic heterocycles. The summed E-state index contributed by atoms with van der Waals surface area (Å²) in [6.07, 6.45) is 0.802. The second kappa shape index (κ2) is 9.46. The summed E-state index contributed by atoms with van der Waals surface area (Å²) in [6, 6.07) is 9.21. The Hall–Kier alpha value is -2.24. The number of rotatable bonds is 8. The van der Waals surface area contributed by atoms with Gasteiger partial charge in [-0.05, 0) is 42.8 Å². The number of ether oxygens (including phenoxy) is 3. The third-order valence-corrected chi connectivity index (χ3v) is 3.95. The predicted octanol–water partition coefficient (Wildman–Crippen LogP) is 4.83. The second-order valence-electron chi connectivity index (χ2n) is 5.34. The zero-order valence-electron chi connectivity index (χ0n) is 14.4. The lowest BCUT2D eigenvalue weighted by molar-refractivity contribution is 0.0474. The van der Waals surface area contributed by atoms with Crippen LogP contribution in [0.2, 0.25) is 10.0 Å². The summed E-state index contributed by atoms with van der Waals surface area (Å²) >= 11 is 12.0. The van der Waals surface area contributed by atoms with E-state index in [0.29, 0.717) is 28.7 Å². The fourth-order valence-electron chi connectivity index (χ4n) is 2.12. The van der Waals surface area contributed by atoms with Crippen molar-refractivity contribution in [3.63, 3.8) is 0 Å². The molecule has 138 valence electrons. The summed E-state index contributed by atoms with van der Waals surface area (Å²) in [5.41, 5.74) is 0.570. The van der Waals surface area contributed by atoms with Crippen molar-refractivity contribution in [2.75, 3.05) is 20.3 Å². The standard InChI is InChI=1S/C19H18Cl2O5/c1-3-8-25-18-15(21)9-13(10-17(18)24-2)19(23)26-11-16(22)12-4-6-14(20)7-5-12/h4-7,9-10H,3,8,11H2,1-2H3. The molecule has 0 unspecified atom stereocenters. The van der Waals surface area contributed by atoms with Crippen molar-refractivity contribution in [3.8, 4) is 11.5 Å². The van der Waals surface area contributed by atoms with Crippen molar-refractivity contribution in [1.29, 1.82) is 0 Å². The van der Waals surface area contributed by atoms with Crippen LogP contribution < -0.4 is 9.47 Å². The molecule has 0 bridgehead atoms. The average Bonchev–Trinajstić information content (AvgIpc) is 2.64. The van der Waals surface area contributed by atoms with Crippen molar-refractivity contribution in [2.24, 2.45) is 0 Å².